The second kappa shape index (κ2) is 5.38. The van der Waals surface area contributed by atoms with Crippen LogP contribution in [0.2, 0.25) is 0 Å². The summed E-state index contributed by atoms with van der Waals surface area (Å²) in [5, 5.41) is 4.70. The second-order valence-electron chi connectivity index (χ2n) is 5.82. The van der Waals surface area contributed by atoms with Gasteiger partial charge in [-0.05, 0) is 33.1 Å². The van der Waals surface area contributed by atoms with Crippen molar-refractivity contribution in [3.05, 3.63) is 29.9 Å². The van der Waals surface area contributed by atoms with Gasteiger partial charge in [0.1, 0.15) is 11.6 Å². The molecule has 0 spiro atoms. The lowest BCUT2D eigenvalue weighted by Gasteiger charge is -2.15. The van der Waals surface area contributed by atoms with E-state index in [1.54, 1.807) is 0 Å². The minimum atomic E-state index is 0.365. The molecule has 20 heavy (non-hydrogen) atoms. The lowest BCUT2D eigenvalue weighted by atomic mass is 10.2. The highest BCUT2D eigenvalue weighted by molar-refractivity contribution is 5.07. The van der Waals surface area contributed by atoms with Crippen LogP contribution in [0.15, 0.2) is 12.4 Å². The van der Waals surface area contributed by atoms with Crippen LogP contribution in [0, 0.1) is 6.92 Å². The van der Waals surface area contributed by atoms with Gasteiger partial charge in [-0.3, -0.25) is 0 Å². The van der Waals surface area contributed by atoms with Crippen molar-refractivity contribution in [2.75, 3.05) is 0 Å². The van der Waals surface area contributed by atoms with Gasteiger partial charge in [0.15, 0.2) is 5.82 Å². The van der Waals surface area contributed by atoms with Gasteiger partial charge in [-0.2, -0.15) is 5.10 Å². The van der Waals surface area contributed by atoms with E-state index in [9.17, 15) is 0 Å². The zero-order valence-corrected chi connectivity index (χ0v) is 12.6. The number of hydrogen-bond acceptors (Lipinski definition) is 3. The minimum absolute atomic E-state index is 0.365. The molecule has 0 amide bonds. The molecule has 108 valence electrons. The highest BCUT2D eigenvalue weighted by Crippen LogP contribution is 2.38. The van der Waals surface area contributed by atoms with E-state index in [4.69, 9.17) is 10.1 Å². The number of nitrogens with zero attached hydrogens (tertiary/aromatic N) is 5. The van der Waals surface area contributed by atoms with Crippen LogP contribution < -0.4 is 0 Å². The van der Waals surface area contributed by atoms with Gasteiger partial charge >= 0.3 is 0 Å². The Balaban J connectivity index is 1.80. The van der Waals surface area contributed by atoms with Gasteiger partial charge in [-0.1, -0.05) is 6.92 Å². The molecule has 2 heterocycles. The Labute approximate surface area is 120 Å². The monoisotopic (exact) mass is 273 g/mol. The van der Waals surface area contributed by atoms with Crippen LogP contribution in [0.3, 0.4) is 0 Å². The van der Waals surface area contributed by atoms with Crippen molar-refractivity contribution < 1.29 is 0 Å². The molecule has 0 aromatic carbocycles. The lowest BCUT2D eigenvalue weighted by molar-refractivity contribution is 0.484. The van der Waals surface area contributed by atoms with Crippen molar-refractivity contribution in [1.29, 1.82) is 0 Å². The summed E-state index contributed by atoms with van der Waals surface area (Å²) < 4.78 is 4.32. The maximum absolute atomic E-state index is 4.79. The first kappa shape index (κ1) is 13.3. The van der Waals surface area contributed by atoms with Gasteiger partial charge in [-0.15, -0.1) is 0 Å². The predicted molar refractivity (Wildman–Crippen MR) is 77.7 cm³/mol. The number of aromatic nitrogens is 5. The van der Waals surface area contributed by atoms with Gasteiger partial charge in [-0.25, -0.2) is 14.6 Å². The maximum atomic E-state index is 4.79. The third kappa shape index (κ3) is 2.62. The SMILES string of the molecule is CCCn1nc(C2CC2)nc1C[C@H](C)n1ccnc1C. The number of imidazole rings is 1. The quantitative estimate of drug-likeness (QED) is 0.813. The molecule has 1 fully saturated rings. The van der Waals surface area contributed by atoms with Crippen LogP contribution in [0.5, 0.6) is 0 Å². The van der Waals surface area contributed by atoms with Crippen molar-refractivity contribution in [2.24, 2.45) is 0 Å². The summed E-state index contributed by atoms with van der Waals surface area (Å²) in [6, 6.07) is 0.365. The molecule has 1 atom stereocenters. The van der Waals surface area contributed by atoms with Gasteiger partial charge in [0, 0.05) is 37.3 Å². The molecule has 2 aromatic heterocycles. The summed E-state index contributed by atoms with van der Waals surface area (Å²) in [6.07, 6.45) is 8.42. The fourth-order valence-corrected chi connectivity index (χ4v) is 2.67. The summed E-state index contributed by atoms with van der Waals surface area (Å²) in [7, 11) is 0. The Hall–Kier alpha value is -1.65. The number of rotatable bonds is 6. The average molecular weight is 273 g/mol. The topological polar surface area (TPSA) is 48.5 Å². The molecule has 1 aliphatic rings. The van der Waals surface area contributed by atoms with E-state index < -0.39 is 0 Å². The Morgan fingerprint density at radius 1 is 1.40 bits per heavy atom. The maximum Gasteiger partial charge on any atom is 0.154 e. The third-order valence-electron chi connectivity index (χ3n) is 3.96. The summed E-state index contributed by atoms with van der Waals surface area (Å²) in [5.41, 5.74) is 0. The van der Waals surface area contributed by atoms with Crippen molar-refractivity contribution in [3.63, 3.8) is 0 Å². The number of aryl methyl sites for hydroxylation is 2. The van der Waals surface area contributed by atoms with Crippen molar-refractivity contribution >= 4 is 0 Å². The van der Waals surface area contributed by atoms with E-state index in [2.05, 4.69) is 28.1 Å². The van der Waals surface area contributed by atoms with E-state index >= 15 is 0 Å². The standard InChI is InChI=1S/C15H23N5/c1-4-8-20-14(17-15(18-20)13-5-6-13)10-11(2)19-9-7-16-12(19)3/h7,9,11,13H,4-6,8,10H2,1-3H3/t11-/m0/s1. The van der Waals surface area contributed by atoms with E-state index in [0.29, 0.717) is 12.0 Å². The van der Waals surface area contributed by atoms with Crippen molar-refractivity contribution in [2.45, 2.75) is 65.0 Å². The molecular weight excluding hydrogens is 250 g/mol. The van der Waals surface area contributed by atoms with E-state index in [1.807, 2.05) is 19.3 Å². The first-order valence-corrected chi connectivity index (χ1v) is 7.62. The van der Waals surface area contributed by atoms with Crippen LogP contribution in [0.1, 0.15) is 62.5 Å². The molecule has 5 heteroatoms. The highest BCUT2D eigenvalue weighted by Gasteiger charge is 2.29. The van der Waals surface area contributed by atoms with E-state index in [0.717, 1.165) is 36.9 Å². The first-order valence-electron chi connectivity index (χ1n) is 7.62. The first-order chi connectivity index (χ1) is 9.69. The van der Waals surface area contributed by atoms with Gasteiger partial charge in [0.2, 0.25) is 0 Å². The second-order valence-corrected chi connectivity index (χ2v) is 5.82. The van der Waals surface area contributed by atoms with E-state index in [-0.39, 0.29) is 0 Å². The fraction of sp³-hybridized carbons (Fsp3) is 0.667. The van der Waals surface area contributed by atoms with Crippen LogP contribution in [-0.2, 0) is 13.0 Å². The Bertz CT molecular complexity index is 579. The Morgan fingerprint density at radius 2 is 2.20 bits per heavy atom. The summed E-state index contributed by atoms with van der Waals surface area (Å²) in [6.45, 7) is 7.41. The number of hydrogen-bond donors (Lipinski definition) is 0. The zero-order valence-electron chi connectivity index (χ0n) is 12.6. The fourth-order valence-electron chi connectivity index (χ4n) is 2.67. The summed E-state index contributed by atoms with van der Waals surface area (Å²) in [4.78, 5) is 9.09. The smallest absolute Gasteiger partial charge is 0.154 e. The van der Waals surface area contributed by atoms with Crippen LogP contribution in [0.25, 0.3) is 0 Å². The normalized spacial score (nSPS) is 16.6. The third-order valence-corrected chi connectivity index (χ3v) is 3.96. The Morgan fingerprint density at radius 3 is 2.80 bits per heavy atom. The van der Waals surface area contributed by atoms with E-state index in [1.165, 1.54) is 12.8 Å². The molecule has 3 rings (SSSR count). The van der Waals surface area contributed by atoms with Crippen LogP contribution in [-0.4, -0.2) is 24.3 Å². The molecular formula is C15H23N5. The molecule has 5 nitrogen and oxygen atoms in total. The minimum Gasteiger partial charge on any atom is -0.332 e. The zero-order chi connectivity index (χ0) is 14.1. The lowest BCUT2D eigenvalue weighted by Crippen LogP contribution is -2.13. The molecule has 0 aliphatic heterocycles. The largest absolute Gasteiger partial charge is 0.332 e. The molecule has 0 N–H and O–H groups in total. The molecule has 0 unspecified atom stereocenters. The Kier molecular flexibility index (Phi) is 3.59. The van der Waals surface area contributed by atoms with Gasteiger partial charge < -0.3 is 4.57 Å². The average Bonchev–Trinajstić information content (AvgIpc) is 3.07. The predicted octanol–water partition coefficient (Wildman–Crippen LogP) is 2.87. The highest BCUT2D eigenvalue weighted by atomic mass is 15.4. The molecule has 0 bridgehead atoms. The van der Waals surface area contributed by atoms with Crippen LogP contribution in [0.4, 0.5) is 0 Å². The van der Waals surface area contributed by atoms with Crippen LogP contribution >= 0.6 is 0 Å². The van der Waals surface area contributed by atoms with Gasteiger partial charge in [0.25, 0.3) is 0 Å². The molecule has 0 saturated heterocycles. The van der Waals surface area contributed by atoms with Gasteiger partial charge in [0.05, 0.1) is 0 Å². The van der Waals surface area contributed by atoms with Crippen molar-refractivity contribution in [1.82, 2.24) is 24.3 Å². The van der Waals surface area contributed by atoms with Crippen molar-refractivity contribution in [3.8, 4) is 0 Å². The molecule has 0 radical (unpaired) electrons. The summed E-state index contributed by atoms with van der Waals surface area (Å²) >= 11 is 0. The molecule has 1 saturated carbocycles. The molecule has 1 aliphatic carbocycles. The molecule has 2 aromatic rings. The summed E-state index contributed by atoms with van der Waals surface area (Å²) in [5.74, 6) is 3.86.